The minimum atomic E-state index is 0.880. The molecule has 0 aromatic heterocycles. The standard InChI is InChI=1S/C14H29N/c1-13(2)7-4-5-11-15(3)12-6-8-14-9-10-14/h13-14H,4-12H2,1-3H3. The van der Waals surface area contributed by atoms with Crippen LogP contribution in [0.3, 0.4) is 0 Å². The predicted molar refractivity (Wildman–Crippen MR) is 68.1 cm³/mol. The zero-order valence-electron chi connectivity index (χ0n) is 11.0. The summed E-state index contributed by atoms with van der Waals surface area (Å²) in [7, 11) is 2.28. The topological polar surface area (TPSA) is 3.24 Å². The Kier molecular flexibility index (Phi) is 6.31. The van der Waals surface area contributed by atoms with Crippen molar-refractivity contribution in [2.75, 3.05) is 20.1 Å². The molecule has 0 bridgehead atoms. The molecule has 0 unspecified atom stereocenters. The van der Waals surface area contributed by atoms with Gasteiger partial charge in [-0.3, -0.25) is 0 Å². The Hall–Kier alpha value is -0.0400. The van der Waals surface area contributed by atoms with Crippen LogP contribution in [0.1, 0.15) is 58.8 Å². The van der Waals surface area contributed by atoms with Crippen molar-refractivity contribution in [3.63, 3.8) is 0 Å². The van der Waals surface area contributed by atoms with E-state index in [1.807, 2.05) is 0 Å². The molecular weight excluding hydrogens is 182 g/mol. The number of rotatable bonds is 9. The van der Waals surface area contributed by atoms with E-state index < -0.39 is 0 Å². The van der Waals surface area contributed by atoms with Crippen molar-refractivity contribution >= 4 is 0 Å². The van der Waals surface area contributed by atoms with Gasteiger partial charge in [0.2, 0.25) is 0 Å². The molecule has 0 aromatic carbocycles. The molecular formula is C14H29N. The van der Waals surface area contributed by atoms with Gasteiger partial charge in [0.1, 0.15) is 0 Å². The minimum absolute atomic E-state index is 0.880. The Morgan fingerprint density at radius 3 is 2.33 bits per heavy atom. The lowest BCUT2D eigenvalue weighted by molar-refractivity contribution is 0.311. The average Bonchev–Trinajstić information content (AvgIpc) is 2.96. The van der Waals surface area contributed by atoms with Crippen LogP contribution in [0.4, 0.5) is 0 Å². The summed E-state index contributed by atoms with van der Waals surface area (Å²) in [6.45, 7) is 7.26. The Bertz CT molecular complexity index is 149. The molecule has 1 aliphatic carbocycles. The Balaban J connectivity index is 1.81. The predicted octanol–water partition coefficient (Wildman–Crippen LogP) is 3.93. The quantitative estimate of drug-likeness (QED) is 0.522. The van der Waals surface area contributed by atoms with Crippen LogP contribution < -0.4 is 0 Å². The molecule has 1 nitrogen and oxygen atoms in total. The summed E-state index contributed by atoms with van der Waals surface area (Å²) in [6.07, 6.45) is 10.1. The fraction of sp³-hybridized carbons (Fsp3) is 1.00. The first-order valence-electron chi connectivity index (χ1n) is 6.87. The number of hydrogen-bond donors (Lipinski definition) is 0. The molecule has 1 fully saturated rings. The Labute approximate surface area is 96.2 Å². The largest absolute Gasteiger partial charge is 0.306 e. The summed E-state index contributed by atoms with van der Waals surface area (Å²) in [5.74, 6) is 1.99. The lowest BCUT2D eigenvalue weighted by Crippen LogP contribution is -2.21. The summed E-state index contributed by atoms with van der Waals surface area (Å²) < 4.78 is 0. The van der Waals surface area contributed by atoms with Crippen molar-refractivity contribution in [2.24, 2.45) is 11.8 Å². The van der Waals surface area contributed by atoms with Gasteiger partial charge in [0.05, 0.1) is 0 Å². The first-order valence-corrected chi connectivity index (χ1v) is 6.87. The van der Waals surface area contributed by atoms with Crippen molar-refractivity contribution in [3.05, 3.63) is 0 Å². The molecule has 0 N–H and O–H groups in total. The molecule has 15 heavy (non-hydrogen) atoms. The van der Waals surface area contributed by atoms with E-state index in [-0.39, 0.29) is 0 Å². The molecule has 0 aliphatic heterocycles. The van der Waals surface area contributed by atoms with Crippen molar-refractivity contribution in [1.82, 2.24) is 4.90 Å². The molecule has 0 radical (unpaired) electrons. The van der Waals surface area contributed by atoms with Crippen molar-refractivity contribution in [3.8, 4) is 0 Å². The van der Waals surface area contributed by atoms with Gasteiger partial charge in [-0.1, -0.05) is 39.5 Å². The van der Waals surface area contributed by atoms with E-state index in [0.717, 1.165) is 11.8 Å². The van der Waals surface area contributed by atoms with Crippen molar-refractivity contribution in [2.45, 2.75) is 58.8 Å². The highest BCUT2D eigenvalue weighted by molar-refractivity contribution is 4.73. The van der Waals surface area contributed by atoms with Crippen LogP contribution in [-0.2, 0) is 0 Å². The summed E-state index contributed by atoms with van der Waals surface area (Å²) >= 11 is 0. The molecule has 0 spiro atoms. The first-order chi connectivity index (χ1) is 7.18. The van der Waals surface area contributed by atoms with Crippen LogP contribution >= 0.6 is 0 Å². The normalized spacial score (nSPS) is 16.6. The molecule has 0 aromatic rings. The average molecular weight is 211 g/mol. The molecule has 90 valence electrons. The maximum atomic E-state index is 2.52. The molecule has 1 aliphatic rings. The highest BCUT2D eigenvalue weighted by Crippen LogP contribution is 2.33. The van der Waals surface area contributed by atoms with Crippen LogP contribution in [0.2, 0.25) is 0 Å². The van der Waals surface area contributed by atoms with Gasteiger partial charge in [-0.05, 0) is 51.2 Å². The third-order valence-electron chi connectivity index (χ3n) is 3.42. The van der Waals surface area contributed by atoms with E-state index >= 15 is 0 Å². The van der Waals surface area contributed by atoms with Gasteiger partial charge in [-0.15, -0.1) is 0 Å². The first kappa shape index (κ1) is 13.0. The van der Waals surface area contributed by atoms with Gasteiger partial charge in [0, 0.05) is 0 Å². The van der Waals surface area contributed by atoms with E-state index in [2.05, 4.69) is 25.8 Å². The van der Waals surface area contributed by atoms with Gasteiger partial charge >= 0.3 is 0 Å². The Morgan fingerprint density at radius 1 is 1.07 bits per heavy atom. The second-order valence-corrected chi connectivity index (χ2v) is 5.78. The second kappa shape index (κ2) is 7.27. The van der Waals surface area contributed by atoms with Crippen LogP contribution in [0.15, 0.2) is 0 Å². The van der Waals surface area contributed by atoms with Crippen LogP contribution in [-0.4, -0.2) is 25.0 Å². The monoisotopic (exact) mass is 211 g/mol. The maximum Gasteiger partial charge on any atom is -0.00217 e. The second-order valence-electron chi connectivity index (χ2n) is 5.78. The molecule has 0 saturated heterocycles. The molecule has 0 amide bonds. The molecule has 1 heteroatoms. The van der Waals surface area contributed by atoms with Gasteiger partial charge in [-0.2, -0.15) is 0 Å². The van der Waals surface area contributed by atoms with E-state index in [1.165, 1.54) is 58.0 Å². The van der Waals surface area contributed by atoms with Crippen LogP contribution in [0.25, 0.3) is 0 Å². The Morgan fingerprint density at radius 2 is 1.73 bits per heavy atom. The van der Waals surface area contributed by atoms with Gasteiger partial charge in [-0.25, -0.2) is 0 Å². The summed E-state index contributed by atoms with van der Waals surface area (Å²) in [5.41, 5.74) is 0. The smallest absolute Gasteiger partial charge is 0.00217 e. The molecule has 0 heterocycles. The highest BCUT2D eigenvalue weighted by atomic mass is 15.1. The highest BCUT2D eigenvalue weighted by Gasteiger charge is 2.20. The minimum Gasteiger partial charge on any atom is -0.306 e. The number of hydrogen-bond acceptors (Lipinski definition) is 1. The SMILES string of the molecule is CC(C)CCCCN(C)CCCC1CC1. The lowest BCUT2D eigenvalue weighted by atomic mass is 10.1. The van der Waals surface area contributed by atoms with E-state index in [0.29, 0.717) is 0 Å². The summed E-state index contributed by atoms with van der Waals surface area (Å²) in [4.78, 5) is 2.52. The van der Waals surface area contributed by atoms with Crippen molar-refractivity contribution < 1.29 is 0 Å². The van der Waals surface area contributed by atoms with Crippen LogP contribution in [0, 0.1) is 11.8 Å². The fourth-order valence-electron chi connectivity index (χ4n) is 2.10. The van der Waals surface area contributed by atoms with Gasteiger partial charge < -0.3 is 4.90 Å². The van der Waals surface area contributed by atoms with Crippen molar-refractivity contribution in [1.29, 1.82) is 0 Å². The number of unbranched alkanes of at least 4 members (excludes halogenated alkanes) is 1. The van der Waals surface area contributed by atoms with Crippen LogP contribution in [0.5, 0.6) is 0 Å². The summed E-state index contributed by atoms with van der Waals surface area (Å²) in [5, 5.41) is 0. The number of nitrogens with zero attached hydrogens (tertiary/aromatic N) is 1. The third-order valence-corrected chi connectivity index (χ3v) is 3.42. The maximum absolute atomic E-state index is 2.52. The lowest BCUT2D eigenvalue weighted by Gasteiger charge is -2.16. The van der Waals surface area contributed by atoms with E-state index in [1.54, 1.807) is 0 Å². The third kappa shape index (κ3) is 7.84. The molecule has 1 rings (SSSR count). The fourth-order valence-corrected chi connectivity index (χ4v) is 2.10. The van der Waals surface area contributed by atoms with Gasteiger partial charge in [0.15, 0.2) is 0 Å². The van der Waals surface area contributed by atoms with Gasteiger partial charge in [0.25, 0.3) is 0 Å². The molecule has 1 saturated carbocycles. The zero-order valence-corrected chi connectivity index (χ0v) is 11.0. The van der Waals surface area contributed by atoms with E-state index in [9.17, 15) is 0 Å². The zero-order chi connectivity index (χ0) is 11.1. The summed E-state index contributed by atoms with van der Waals surface area (Å²) in [6, 6.07) is 0. The van der Waals surface area contributed by atoms with E-state index in [4.69, 9.17) is 0 Å². The molecule has 0 atom stereocenters.